The van der Waals surface area contributed by atoms with Gasteiger partial charge in [-0.3, -0.25) is 4.79 Å². The number of piperidine rings is 1. The lowest BCUT2D eigenvalue weighted by Crippen LogP contribution is -2.49. The first-order valence-corrected chi connectivity index (χ1v) is 5.57. The van der Waals surface area contributed by atoms with Crippen LogP contribution in [0.4, 0.5) is 4.79 Å². The number of carboxylic acids is 1. The Morgan fingerprint density at radius 3 is 2.41 bits per heavy atom. The second kappa shape index (κ2) is 5.09. The van der Waals surface area contributed by atoms with Crippen LogP contribution in [0.25, 0.3) is 0 Å². The van der Waals surface area contributed by atoms with Crippen molar-refractivity contribution >= 4 is 12.0 Å². The van der Waals surface area contributed by atoms with Gasteiger partial charge in [-0.2, -0.15) is 0 Å². The second-order valence-electron chi connectivity index (χ2n) is 4.70. The number of hydrogen-bond donors (Lipinski definition) is 1. The highest BCUT2D eigenvalue weighted by Crippen LogP contribution is 2.31. The highest BCUT2D eigenvalue weighted by molar-refractivity contribution is 5.77. The van der Waals surface area contributed by atoms with E-state index >= 15 is 0 Å². The van der Waals surface area contributed by atoms with E-state index in [0.717, 1.165) is 0 Å². The van der Waals surface area contributed by atoms with Crippen LogP contribution >= 0.6 is 0 Å². The number of amides is 2. The van der Waals surface area contributed by atoms with Crippen LogP contribution in [0.3, 0.4) is 0 Å². The van der Waals surface area contributed by atoms with Crippen molar-refractivity contribution in [2.75, 3.05) is 26.7 Å². The third-order valence-electron chi connectivity index (χ3n) is 3.31. The van der Waals surface area contributed by atoms with E-state index in [9.17, 15) is 9.59 Å². The summed E-state index contributed by atoms with van der Waals surface area (Å²) in [5, 5.41) is 9.08. The van der Waals surface area contributed by atoms with Crippen molar-refractivity contribution in [1.82, 2.24) is 9.80 Å². The van der Waals surface area contributed by atoms with E-state index < -0.39 is 11.4 Å². The standard InChI is InChI=1S/C12H18N2O3/c1-4-7-13(3)11(17)14-8-5-12(2,6-9-14)10(15)16/h1H,5-9H2,2-3H3,(H,15,16). The zero-order valence-electron chi connectivity index (χ0n) is 10.3. The second-order valence-corrected chi connectivity index (χ2v) is 4.70. The van der Waals surface area contributed by atoms with Crippen molar-refractivity contribution in [2.24, 2.45) is 5.41 Å². The number of terminal acetylenes is 1. The normalized spacial score (nSPS) is 18.3. The Kier molecular flexibility index (Phi) is 4.00. The molecule has 0 atom stereocenters. The van der Waals surface area contributed by atoms with Crippen molar-refractivity contribution in [3.63, 3.8) is 0 Å². The summed E-state index contributed by atoms with van der Waals surface area (Å²) in [6, 6.07) is -0.129. The summed E-state index contributed by atoms with van der Waals surface area (Å²) in [5.74, 6) is 1.62. The summed E-state index contributed by atoms with van der Waals surface area (Å²) in [5.41, 5.74) is -0.707. The monoisotopic (exact) mass is 238 g/mol. The number of aliphatic carboxylic acids is 1. The number of nitrogens with zero attached hydrogens (tertiary/aromatic N) is 2. The topological polar surface area (TPSA) is 60.9 Å². The Labute approximate surface area is 101 Å². The number of likely N-dealkylation sites (tertiary alicyclic amines) is 1. The molecule has 1 saturated heterocycles. The summed E-state index contributed by atoms with van der Waals surface area (Å²) in [4.78, 5) is 26.0. The van der Waals surface area contributed by atoms with E-state index in [1.807, 2.05) is 0 Å². The minimum Gasteiger partial charge on any atom is -0.481 e. The van der Waals surface area contributed by atoms with Gasteiger partial charge in [0.25, 0.3) is 0 Å². The highest BCUT2D eigenvalue weighted by atomic mass is 16.4. The van der Waals surface area contributed by atoms with Crippen LogP contribution in [0, 0.1) is 17.8 Å². The fourth-order valence-electron chi connectivity index (χ4n) is 1.85. The molecule has 1 aliphatic heterocycles. The molecule has 1 rings (SSSR count). The lowest BCUT2D eigenvalue weighted by Gasteiger charge is -2.37. The van der Waals surface area contributed by atoms with E-state index in [4.69, 9.17) is 11.5 Å². The minimum atomic E-state index is -0.790. The van der Waals surface area contributed by atoms with Gasteiger partial charge in [0.1, 0.15) is 0 Å². The van der Waals surface area contributed by atoms with Crippen molar-refractivity contribution in [2.45, 2.75) is 19.8 Å². The van der Waals surface area contributed by atoms with E-state index in [2.05, 4.69) is 5.92 Å². The molecular formula is C12H18N2O3. The van der Waals surface area contributed by atoms with Gasteiger partial charge < -0.3 is 14.9 Å². The third-order valence-corrected chi connectivity index (χ3v) is 3.31. The number of hydrogen-bond acceptors (Lipinski definition) is 2. The minimum absolute atomic E-state index is 0.129. The third kappa shape index (κ3) is 2.90. The Morgan fingerprint density at radius 1 is 1.47 bits per heavy atom. The van der Waals surface area contributed by atoms with Crippen molar-refractivity contribution in [3.8, 4) is 12.3 Å². The molecule has 94 valence electrons. The molecule has 0 aliphatic carbocycles. The van der Waals surface area contributed by atoms with Gasteiger partial charge in [0.15, 0.2) is 0 Å². The molecule has 0 radical (unpaired) electrons. The van der Waals surface area contributed by atoms with Gasteiger partial charge in [0, 0.05) is 20.1 Å². The molecule has 0 unspecified atom stereocenters. The fourth-order valence-corrected chi connectivity index (χ4v) is 1.85. The molecule has 0 aromatic heterocycles. The van der Waals surface area contributed by atoms with Gasteiger partial charge in [-0.1, -0.05) is 5.92 Å². The number of carbonyl (C=O) groups is 2. The molecule has 1 N–H and O–H groups in total. The van der Waals surface area contributed by atoms with Crippen LogP contribution in [0.1, 0.15) is 19.8 Å². The summed E-state index contributed by atoms with van der Waals surface area (Å²) >= 11 is 0. The quantitative estimate of drug-likeness (QED) is 0.726. The Hall–Kier alpha value is -1.70. The summed E-state index contributed by atoms with van der Waals surface area (Å²) in [7, 11) is 1.65. The molecule has 5 heteroatoms. The lowest BCUT2D eigenvalue weighted by molar-refractivity contribution is -0.150. The Balaban J connectivity index is 2.56. The fraction of sp³-hybridized carbons (Fsp3) is 0.667. The first kappa shape index (κ1) is 13.4. The molecule has 0 spiro atoms. The molecule has 5 nitrogen and oxygen atoms in total. The average molecular weight is 238 g/mol. The molecule has 2 amide bonds. The molecule has 17 heavy (non-hydrogen) atoms. The Bertz CT molecular complexity index is 351. The van der Waals surface area contributed by atoms with Gasteiger partial charge in [0.05, 0.1) is 12.0 Å². The lowest BCUT2D eigenvalue weighted by atomic mass is 9.80. The van der Waals surface area contributed by atoms with Crippen LogP contribution in [0.15, 0.2) is 0 Å². The maximum Gasteiger partial charge on any atom is 0.320 e. The summed E-state index contributed by atoms with van der Waals surface area (Å²) in [6.07, 6.45) is 6.11. The van der Waals surface area contributed by atoms with Crippen molar-refractivity contribution in [1.29, 1.82) is 0 Å². The van der Waals surface area contributed by atoms with Crippen molar-refractivity contribution < 1.29 is 14.7 Å². The predicted molar refractivity (Wildman–Crippen MR) is 63.4 cm³/mol. The first-order chi connectivity index (χ1) is 7.90. The maximum atomic E-state index is 11.9. The van der Waals surface area contributed by atoms with Crippen LogP contribution in [-0.2, 0) is 4.79 Å². The Morgan fingerprint density at radius 2 is 2.00 bits per heavy atom. The van der Waals surface area contributed by atoms with E-state index in [0.29, 0.717) is 25.9 Å². The van der Waals surface area contributed by atoms with Gasteiger partial charge in [0.2, 0.25) is 0 Å². The van der Waals surface area contributed by atoms with Gasteiger partial charge in [-0.15, -0.1) is 6.42 Å². The number of rotatable bonds is 2. The molecule has 0 aromatic carbocycles. The first-order valence-electron chi connectivity index (χ1n) is 5.57. The zero-order chi connectivity index (χ0) is 13.1. The van der Waals surface area contributed by atoms with E-state index in [1.54, 1.807) is 18.9 Å². The summed E-state index contributed by atoms with van der Waals surface area (Å²) < 4.78 is 0. The van der Waals surface area contributed by atoms with Crippen LogP contribution < -0.4 is 0 Å². The van der Waals surface area contributed by atoms with Gasteiger partial charge in [-0.05, 0) is 19.8 Å². The van der Waals surface area contributed by atoms with Crippen molar-refractivity contribution in [3.05, 3.63) is 0 Å². The largest absolute Gasteiger partial charge is 0.481 e. The molecule has 1 fully saturated rings. The van der Waals surface area contributed by atoms with E-state index in [1.165, 1.54) is 4.90 Å². The number of urea groups is 1. The van der Waals surface area contributed by atoms with E-state index in [-0.39, 0.29) is 12.6 Å². The predicted octanol–water partition coefficient (Wildman–Crippen LogP) is 0.858. The number of carbonyl (C=O) groups excluding carboxylic acids is 1. The SMILES string of the molecule is C#CCN(C)C(=O)N1CCC(C)(C(=O)O)CC1. The number of carboxylic acid groups (broad SMARTS) is 1. The molecule has 0 aromatic rings. The molecule has 1 heterocycles. The maximum absolute atomic E-state index is 11.9. The molecule has 1 aliphatic rings. The van der Waals surface area contributed by atoms with Gasteiger partial charge >= 0.3 is 12.0 Å². The van der Waals surface area contributed by atoms with Gasteiger partial charge in [-0.25, -0.2) is 4.79 Å². The molecular weight excluding hydrogens is 220 g/mol. The van der Waals surface area contributed by atoms with Crippen LogP contribution in [0.2, 0.25) is 0 Å². The molecule has 0 bridgehead atoms. The summed E-state index contributed by atoms with van der Waals surface area (Å²) in [6.45, 7) is 2.93. The molecule has 0 saturated carbocycles. The van der Waals surface area contributed by atoms with Crippen LogP contribution in [0.5, 0.6) is 0 Å². The average Bonchev–Trinajstić information content (AvgIpc) is 2.29. The highest BCUT2D eigenvalue weighted by Gasteiger charge is 2.38. The zero-order valence-corrected chi connectivity index (χ0v) is 10.3. The van der Waals surface area contributed by atoms with Crippen LogP contribution in [-0.4, -0.2) is 53.6 Å². The smallest absolute Gasteiger partial charge is 0.320 e.